The van der Waals surface area contributed by atoms with Gasteiger partial charge in [-0.3, -0.25) is 4.40 Å². The van der Waals surface area contributed by atoms with Crippen molar-refractivity contribution in [2.75, 3.05) is 6.61 Å². The molecule has 0 unspecified atom stereocenters. The van der Waals surface area contributed by atoms with Gasteiger partial charge in [0.15, 0.2) is 11.3 Å². The number of hydrogen-bond acceptors (Lipinski definition) is 4. The Bertz CT molecular complexity index is 885. The van der Waals surface area contributed by atoms with E-state index in [1.165, 1.54) is 18.5 Å². The van der Waals surface area contributed by atoms with E-state index >= 15 is 0 Å². The number of carbonyl (C=O) groups excluding carboxylic acids is 1. The SMILES string of the molecule is CCOC(=O)c1ncn2c(C)cc(-c3cc(F)cc(F)c3)nc12. The summed E-state index contributed by atoms with van der Waals surface area (Å²) >= 11 is 0. The van der Waals surface area contributed by atoms with Crippen molar-refractivity contribution in [2.45, 2.75) is 13.8 Å². The summed E-state index contributed by atoms with van der Waals surface area (Å²) in [6.45, 7) is 3.69. The number of hydrogen-bond donors (Lipinski definition) is 0. The maximum atomic E-state index is 13.4. The lowest BCUT2D eigenvalue weighted by Gasteiger charge is -2.07. The first-order chi connectivity index (χ1) is 11.0. The van der Waals surface area contributed by atoms with Crippen molar-refractivity contribution in [3.8, 4) is 11.3 Å². The zero-order valence-corrected chi connectivity index (χ0v) is 12.5. The molecule has 0 N–H and O–H groups in total. The molecule has 3 rings (SSSR count). The van der Waals surface area contributed by atoms with Gasteiger partial charge in [0.25, 0.3) is 0 Å². The Morgan fingerprint density at radius 1 is 1.22 bits per heavy atom. The topological polar surface area (TPSA) is 56.5 Å². The summed E-state index contributed by atoms with van der Waals surface area (Å²) in [5.74, 6) is -1.98. The van der Waals surface area contributed by atoms with Crippen LogP contribution < -0.4 is 0 Å². The minimum Gasteiger partial charge on any atom is -0.461 e. The Hall–Kier alpha value is -2.83. The lowest BCUT2D eigenvalue weighted by Crippen LogP contribution is -2.07. The third-order valence-electron chi connectivity index (χ3n) is 3.32. The van der Waals surface area contributed by atoms with Crippen molar-refractivity contribution >= 4 is 11.6 Å². The molecule has 0 saturated carbocycles. The lowest BCUT2D eigenvalue weighted by molar-refractivity contribution is 0.0522. The van der Waals surface area contributed by atoms with E-state index in [1.807, 2.05) is 0 Å². The lowest BCUT2D eigenvalue weighted by atomic mass is 10.1. The van der Waals surface area contributed by atoms with E-state index in [-0.39, 0.29) is 23.5 Å². The summed E-state index contributed by atoms with van der Waals surface area (Å²) in [5, 5.41) is 0. The van der Waals surface area contributed by atoms with Gasteiger partial charge in [0.05, 0.1) is 12.3 Å². The number of imidazole rings is 1. The molecule has 0 aliphatic carbocycles. The first-order valence-electron chi connectivity index (χ1n) is 6.98. The quantitative estimate of drug-likeness (QED) is 0.696. The highest BCUT2D eigenvalue weighted by atomic mass is 19.1. The van der Waals surface area contributed by atoms with Crippen LogP contribution in [-0.4, -0.2) is 26.9 Å². The van der Waals surface area contributed by atoms with Crippen LogP contribution in [0.2, 0.25) is 0 Å². The Labute approximate surface area is 130 Å². The Morgan fingerprint density at radius 3 is 2.57 bits per heavy atom. The van der Waals surface area contributed by atoms with Gasteiger partial charge < -0.3 is 4.74 Å². The normalized spacial score (nSPS) is 11.0. The number of aryl methyl sites for hydroxylation is 1. The van der Waals surface area contributed by atoms with Crippen molar-refractivity contribution in [3.05, 3.63) is 53.6 Å². The van der Waals surface area contributed by atoms with Gasteiger partial charge in [-0.15, -0.1) is 0 Å². The average molecular weight is 317 g/mol. The van der Waals surface area contributed by atoms with Crippen molar-refractivity contribution in [1.82, 2.24) is 14.4 Å². The number of esters is 1. The van der Waals surface area contributed by atoms with E-state index < -0.39 is 17.6 Å². The van der Waals surface area contributed by atoms with E-state index in [9.17, 15) is 13.6 Å². The zero-order chi connectivity index (χ0) is 16.6. The number of nitrogens with zero attached hydrogens (tertiary/aromatic N) is 3. The molecule has 0 saturated heterocycles. The maximum absolute atomic E-state index is 13.4. The molecule has 0 aliphatic heterocycles. The van der Waals surface area contributed by atoms with E-state index in [4.69, 9.17) is 4.74 Å². The highest BCUT2D eigenvalue weighted by Crippen LogP contribution is 2.23. The molecular formula is C16H13F2N3O2. The molecular weight excluding hydrogens is 304 g/mol. The van der Waals surface area contributed by atoms with Crippen molar-refractivity contribution in [2.24, 2.45) is 0 Å². The van der Waals surface area contributed by atoms with Crippen molar-refractivity contribution in [3.63, 3.8) is 0 Å². The number of ether oxygens (including phenoxy) is 1. The van der Waals surface area contributed by atoms with Gasteiger partial charge in [-0.25, -0.2) is 23.5 Å². The largest absolute Gasteiger partial charge is 0.461 e. The molecule has 0 radical (unpaired) electrons. The van der Waals surface area contributed by atoms with E-state index in [2.05, 4.69) is 9.97 Å². The van der Waals surface area contributed by atoms with Crippen LogP contribution in [0, 0.1) is 18.6 Å². The molecule has 0 fully saturated rings. The summed E-state index contributed by atoms with van der Waals surface area (Å²) in [4.78, 5) is 20.3. The smallest absolute Gasteiger partial charge is 0.360 e. The molecule has 23 heavy (non-hydrogen) atoms. The molecule has 1 aromatic carbocycles. The zero-order valence-electron chi connectivity index (χ0n) is 12.5. The van der Waals surface area contributed by atoms with E-state index in [1.54, 1.807) is 24.3 Å². The molecule has 0 aliphatic rings. The van der Waals surface area contributed by atoms with Crippen LogP contribution in [0.25, 0.3) is 16.9 Å². The summed E-state index contributed by atoms with van der Waals surface area (Å²) in [6, 6.07) is 4.82. The second-order valence-electron chi connectivity index (χ2n) is 4.95. The standard InChI is InChI=1S/C16H13F2N3O2/c1-3-23-16(22)14-15-20-13(4-9(2)21(15)8-19-14)10-5-11(17)7-12(18)6-10/h4-8H,3H2,1-2H3. The van der Waals surface area contributed by atoms with Gasteiger partial charge in [-0.2, -0.15) is 0 Å². The number of fused-ring (bicyclic) bond motifs is 1. The van der Waals surface area contributed by atoms with Gasteiger partial charge in [-0.1, -0.05) is 0 Å². The number of halogens is 2. The first-order valence-corrected chi connectivity index (χ1v) is 6.98. The Morgan fingerprint density at radius 2 is 1.91 bits per heavy atom. The predicted octanol–water partition coefficient (Wildman–Crippen LogP) is 3.16. The summed E-state index contributed by atoms with van der Waals surface area (Å²) in [7, 11) is 0. The molecule has 2 aromatic heterocycles. The van der Waals surface area contributed by atoms with Crippen molar-refractivity contribution < 1.29 is 18.3 Å². The van der Waals surface area contributed by atoms with E-state index in [0.29, 0.717) is 5.69 Å². The van der Waals surface area contributed by atoms with Crippen LogP contribution in [0.1, 0.15) is 23.1 Å². The minimum absolute atomic E-state index is 0.0636. The average Bonchev–Trinajstić information content (AvgIpc) is 2.91. The molecule has 0 spiro atoms. The molecule has 0 atom stereocenters. The van der Waals surface area contributed by atoms with Gasteiger partial charge in [0.1, 0.15) is 18.0 Å². The third-order valence-corrected chi connectivity index (χ3v) is 3.32. The summed E-state index contributed by atoms with van der Waals surface area (Å²) < 4.78 is 33.4. The summed E-state index contributed by atoms with van der Waals surface area (Å²) in [6.07, 6.45) is 1.46. The van der Waals surface area contributed by atoms with Crippen LogP contribution in [0.3, 0.4) is 0 Å². The number of benzene rings is 1. The fourth-order valence-electron chi connectivity index (χ4n) is 2.31. The third kappa shape index (κ3) is 2.77. The minimum atomic E-state index is -0.696. The fraction of sp³-hybridized carbons (Fsp3) is 0.188. The first kappa shape index (κ1) is 15.1. The highest BCUT2D eigenvalue weighted by molar-refractivity contribution is 5.94. The highest BCUT2D eigenvalue weighted by Gasteiger charge is 2.18. The van der Waals surface area contributed by atoms with E-state index in [0.717, 1.165) is 11.8 Å². The van der Waals surface area contributed by atoms with Gasteiger partial charge in [-0.05, 0) is 32.0 Å². The maximum Gasteiger partial charge on any atom is 0.360 e. The molecule has 5 nitrogen and oxygen atoms in total. The molecule has 118 valence electrons. The number of rotatable bonds is 3. The predicted molar refractivity (Wildman–Crippen MR) is 79.0 cm³/mol. The molecule has 0 amide bonds. The van der Waals surface area contributed by atoms with Crippen LogP contribution >= 0.6 is 0 Å². The van der Waals surface area contributed by atoms with Crippen LogP contribution in [-0.2, 0) is 4.74 Å². The Balaban J connectivity index is 2.19. The van der Waals surface area contributed by atoms with Crippen LogP contribution in [0.4, 0.5) is 8.78 Å². The van der Waals surface area contributed by atoms with Crippen LogP contribution in [0.15, 0.2) is 30.6 Å². The fourth-order valence-corrected chi connectivity index (χ4v) is 2.31. The van der Waals surface area contributed by atoms with Crippen molar-refractivity contribution in [1.29, 1.82) is 0 Å². The Kier molecular flexibility index (Phi) is 3.77. The van der Waals surface area contributed by atoms with Gasteiger partial charge in [0.2, 0.25) is 0 Å². The van der Waals surface area contributed by atoms with Gasteiger partial charge >= 0.3 is 5.97 Å². The van der Waals surface area contributed by atoms with Crippen LogP contribution in [0.5, 0.6) is 0 Å². The molecule has 3 aromatic rings. The second-order valence-corrected chi connectivity index (χ2v) is 4.95. The van der Waals surface area contributed by atoms with Gasteiger partial charge in [0, 0.05) is 17.3 Å². The molecule has 0 bridgehead atoms. The molecule has 7 heteroatoms. The monoisotopic (exact) mass is 317 g/mol. The second kappa shape index (κ2) is 5.75. The summed E-state index contributed by atoms with van der Waals surface area (Å²) in [5.41, 5.74) is 1.69. The number of carbonyl (C=O) groups is 1. The number of aromatic nitrogens is 3. The molecule has 2 heterocycles.